The van der Waals surface area contributed by atoms with E-state index in [9.17, 15) is 14.9 Å². The smallest absolute Gasteiger partial charge is 0.442 e. The zero-order chi connectivity index (χ0) is 11.3. The Bertz CT molecular complexity index is 363. The number of ether oxygens (including phenoxy) is 1. The van der Waals surface area contributed by atoms with Gasteiger partial charge in [-0.15, -0.1) is 5.43 Å². The van der Waals surface area contributed by atoms with Crippen molar-refractivity contribution in [1.82, 2.24) is 5.43 Å². The monoisotopic (exact) mass is 210 g/mol. The number of carbonyl (C=O) groups is 1. The van der Waals surface area contributed by atoms with Gasteiger partial charge in [0.05, 0.1) is 4.92 Å². The zero-order valence-electron chi connectivity index (χ0n) is 7.62. The van der Waals surface area contributed by atoms with Gasteiger partial charge in [0.1, 0.15) is 6.61 Å². The number of carbonyl (C=O) groups excluding carboxylic acids is 1. The van der Waals surface area contributed by atoms with Crippen LogP contribution in [-0.2, 0) is 11.3 Å². The third kappa shape index (κ3) is 3.24. The van der Waals surface area contributed by atoms with E-state index < -0.39 is 11.0 Å². The molecule has 0 saturated heterocycles. The fourth-order valence-electron chi connectivity index (χ4n) is 0.896. The molecule has 1 amide bonds. The van der Waals surface area contributed by atoms with Crippen molar-refractivity contribution in [3.05, 3.63) is 39.9 Å². The van der Waals surface area contributed by atoms with Crippen LogP contribution >= 0.6 is 0 Å². The zero-order valence-corrected chi connectivity index (χ0v) is 7.62. The predicted molar refractivity (Wildman–Crippen MR) is 49.6 cm³/mol. The van der Waals surface area contributed by atoms with Crippen LogP contribution < -0.4 is 11.3 Å². The van der Waals surface area contributed by atoms with E-state index in [2.05, 4.69) is 16.0 Å². The van der Waals surface area contributed by atoms with Crippen LogP contribution in [0.5, 0.6) is 0 Å². The summed E-state index contributed by atoms with van der Waals surface area (Å²) in [7, 11) is 0. The molecule has 79 valence electrons. The summed E-state index contributed by atoms with van der Waals surface area (Å²) >= 11 is 0. The number of nitro groups is 1. The summed E-state index contributed by atoms with van der Waals surface area (Å²) in [5.41, 5.74) is 3.38. The van der Waals surface area contributed by atoms with Crippen LogP contribution in [0.4, 0.5) is 10.5 Å². The SMILES string of the molecule is N[N]C(=O)OCc1ccc([N+](=O)[O-])cc1. The molecular formula is C8H8N3O4. The Hall–Kier alpha value is -2.15. The second-order valence-corrected chi connectivity index (χ2v) is 2.61. The van der Waals surface area contributed by atoms with Crippen LogP contribution in [0, 0.1) is 10.1 Å². The van der Waals surface area contributed by atoms with Gasteiger partial charge < -0.3 is 4.74 Å². The van der Waals surface area contributed by atoms with Crippen molar-refractivity contribution < 1.29 is 14.5 Å². The molecule has 0 bridgehead atoms. The van der Waals surface area contributed by atoms with Crippen molar-refractivity contribution in [3.8, 4) is 0 Å². The number of nitrogens with two attached hydrogens (primary N) is 1. The lowest BCUT2D eigenvalue weighted by molar-refractivity contribution is -0.384. The van der Waals surface area contributed by atoms with Crippen LogP contribution in [-0.4, -0.2) is 11.0 Å². The van der Waals surface area contributed by atoms with Crippen LogP contribution in [0.2, 0.25) is 0 Å². The van der Waals surface area contributed by atoms with E-state index >= 15 is 0 Å². The molecule has 0 aromatic heterocycles. The molecule has 0 heterocycles. The maximum absolute atomic E-state index is 10.5. The van der Waals surface area contributed by atoms with E-state index in [0.717, 1.165) is 0 Å². The van der Waals surface area contributed by atoms with E-state index in [1.807, 2.05) is 0 Å². The highest BCUT2D eigenvalue weighted by Crippen LogP contribution is 2.12. The normalized spacial score (nSPS) is 9.40. The standard InChI is InChI=1S/C8H8N3O4/c9-10-8(12)15-5-6-1-3-7(4-2-6)11(13)14/h1-4H,5,9H2. The average Bonchev–Trinajstić information content (AvgIpc) is 2.26. The third-order valence-corrected chi connectivity index (χ3v) is 1.61. The first-order valence-corrected chi connectivity index (χ1v) is 3.94. The molecule has 0 saturated carbocycles. The Morgan fingerprint density at radius 3 is 2.53 bits per heavy atom. The van der Waals surface area contributed by atoms with Crippen LogP contribution in [0.25, 0.3) is 0 Å². The van der Waals surface area contributed by atoms with Gasteiger partial charge in [-0.2, -0.15) is 0 Å². The summed E-state index contributed by atoms with van der Waals surface area (Å²) in [6, 6.07) is 5.62. The Morgan fingerprint density at radius 1 is 1.47 bits per heavy atom. The molecule has 1 aromatic rings. The molecule has 15 heavy (non-hydrogen) atoms. The number of non-ortho nitro benzene ring substituents is 1. The first-order chi connectivity index (χ1) is 7.13. The molecule has 0 aliphatic rings. The molecule has 1 radical (unpaired) electrons. The van der Waals surface area contributed by atoms with Gasteiger partial charge in [0.25, 0.3) is 5.69 Å². The second kappa shape index (κ2) is 4.91. The van der Waals surface area contributed by atoms with Crippen LogP contribution in [0.1, 0.15) is 5.56 Å². The summed E-state index contributed by atoms with van der Waals surface area (Å²) in [6.07, 6.45) is -0.881. The molecule has 0 aliphatic carbocycles. The molecular weight excluding hydrogens is 202 g/mol. The highest BCUT2D eigenvalue weighted by Gasteiger charge is 2.05. The van der Waals surface area contributed by atoms with Gasteiger partial charge in [0.2, 0.25) is 0 Å². The molecule has 7 nitrogen and oxygen atoms in total. The van der Waals surface area contributed by atoms with Crippen LogP contribution in [0.15, 0.2) is 24.3 Å². The van der Waals surface area contributed by atoms with Crippen molar-refractivity contribution in [1.29, 1.82) is 0 Å². The lowest BCUT2D eigenvalue weighted by Gasteiger charge is -2.01. The Morgan fingerprint density at radius 2 is 2.07 bits per heavy atom. The summed E-state index contributed by atoms with van der Waals surface area (Å²) in [6.45, 7) is -0.0163. The lowest BCUT2D eigenvalue weighted by Crippen LogP contribution is -2.22. The number of amides is 1. The fourth-order valence-corrected chi connectivity index (χ4v) is 0.896. The maximum atomic E-state index is 10.5. The highest BCUT2D eigenvalue weighted by atomic mass is 16.6. The minimum absolute atomic E-state index is 0.0163. The van der Waals surface area contributed by atoms with E-state index in [1.54, 1.807) is 0 Å². The van der Waals surface area contributed by atoms with Gasteiger partial charge in [0, 0.05) is 12.1 Å². The molecule has 0 fully saturated rings. The molecule has 1 rings (SSSR count). The first-order valence-electron chi connectivity index (χ1n) is 3.94. The summed E-state index contributed by atoms with van der Waals surface area (Å²) < 4.78 is 4.58. The van der Waals surface area contributed by atoms with Crippen molar-refractivity contribution in [2.24, 2.45) is 5.84 Å². The van der Waals surface area contributed by atoms with Crippen molar-refractivity contribution >= 4 is 11.8 Å². The van der Waals surface area contributed by atoms with Gasteiger partial charge in [-0.25, -0.2) is 10.6 Å². The number of hydrogen-bond donors (Lipinski definition) is 1. The number of hydrogen-bond acceptors (Lipinski definition) is 5. The fraction of sp³-hybridized carbons (Fsp3) is 0.125. The topological polar surface area (TPSA) is 110 Å². The highest BCUT2D eigenvalue weighted by molar-refractivity contribution is 5.65. The summed E-state index contributed by atoms with van der Waals surface area (Å²) in [4.78, 5) is 20.3. The Kier molecular flexibility index (Phi) is 3.58. The minimum Gasteiger partial charge on any atom is -0.442 e. The number of benzene rings is 1. The van der Waals surface area contributed by atoms with Gasteiger partial charge in [-0.05, 0) is 17.7 Å². The molecule has 0 aliphatic heterocycles. The Labute approximate surface area is 84.9 Å². The van der Waals surface area contributed by atoms with E-state index in [0.29, 0.717) is 5.56 Å². The lowest BCUT2D eigenvalue weighted by atomic mass is 10.2. The predicted octanol–water partition coefficient (Wildman–Crippen LogP) is 0.709. The van der Waals surface area contributed by atoms with Gasteiger partial charge in [0.15, 0.2) is 0 Å². The quantitative estimate of drug-likeness (QED) is 0.342. The number of nitro benzene ring substituents is 1. The first kappa shape index (κ1) is 10.9. The third-order valence-electron chi connectivity index (χ3n) is 1.61. The molecule has 2 N–H and O–H groups in total. The van der Waals surface area contributed by atoms with Crippen molar-refractivity contribution in [2.75, 3.05) is 0 Å². The number of nitrogens with zero attached hydrogens (tertiary/aromatic N) is 2. The summed E-state index contributed by atoms with van der Waals surface area (Å²) in [5, 5.41) is 10.3. The minimum atomic E-state index is -0.881. The van der Waals surface area contributed by atoms with E-state index in [-0.39, 0.29) is 12.3 Å². The van der Waals surface area contributed by atoms with E-state index in [1.165, 1.54) is 24.3 Å². The van der Waals surface area contributed by atoms with Crippen molar-refractivity contribution in [2.45, 2.75) is 6.61 Å². The molecule has 0 spiro atoms. The van der Waals surface area contributed by atoms with Gasteiger partial charge in [-0.1, -0.05) is 0 Å². The Balaban J connectivity index is 2.57. The second-order valence-electron chi connectivity index (χ2n) is 2.61. The van der Waals surface area contributed by atoms with Crippen LogP contribution in [0.3, 0.4) is 0 Å². The van der Waals surface area contributed by atoms with Gasteiger partial charge in [-0.3, -0.25) is 10.1 Å². The average molecular weight is 210 g/mol. The summed E-state index contributed by atoms with van der Waals surface area (Å²) in [5.74, 6) is 4.66. The molecule has 1 aromatic carbocycles. The molecule has 0 unspecified atom stereocenters. The maximum Gasteiger partial charge on any atom is 0.445 e. The number of rotatable bonds is 3. The molecule has 7 heteroatoms. The molecule has 0 atom stereocenters. The van der Waals surface area contributed by atoms with E-state index in [4.69, 9.17) is 0 Å². The van der Waals surface area contributed by atoms with Gasteiger partial charge >= 0.3 is 6.09 Å². The van der Waals surface area contributed by atoms with Crippen molar-refractivity contribution in [3.63, 3.8) is 0 Å². The largest absolute Gasteiger partial charge is 0.445 e.